The van der Waals surface area contributed by atoms with Gasteiger partial charge in [-0.3, -0.25) is 10.1 Å². The van der Waals surface area contributed by atoms with Gasteiger partial charge in [-0.2, -0.15) is 13.2 Å². The van der Waals surface area contributed by atoms with E-state index in [0.717, 1.165) is 0 Å². The van der Waals surface area contributed by atoms with Gasteiger partial charge in [0.05, 0.1) is 19.7 Å². The molecule has 1 N–H and O–H groups in total. The first kappa shape index (κ1) is 15.0. The summed E-state index contributed by atoms with van der Waals surface area (Å²) >= 11 is 0. The lowest BCUT2D eigenvalue weighted by Gasteiger charge is -2.06. The van der Waals surface area contributed by atoms with Gasteiger partial charge in [0, 0.05) is 0 Å². The second-order valence-corrected chi connectivity index (χ2v) is 2.02. The van der Waals surface area contributed by atoms with Crippen molar-refractivity contribution in [3.05, 3.63) is 0 Å². The smallest absolute Gasteiger partial charge is 0.401 e. The molecule has 0 heterocycles. The van der Waals surface area contributed by atoms with Gasteiger partial charge in [-0.15, -0.1) is 12.4 Å². The van der Waals surface area contributed by atoms with E-state index in [9.17, 15) is 18.0 Å². The van der Waals surface area contributed by atoms with Crippen LogP contribution < -0.4 is 5.32 Å². The standard InChI is InChI=1S/C6H10F3NO2.ClH/c1-2-12-5(11)3-10-4-6(7,8)9;/h10H,2-4H2,1H3;1H. The van der Waals surface area contributed by atoms with E-state index in [2.05, 4.69) is 4.74 Å². The van der Waals surface area contributed by atoms with Crippen molar-refractivity contribution in [2.45, 2.75) is 13.1 Å². The predicted molar refractivity (Wildman–Crippen MR) is 42.8 cm³/mol. The monoisotopic (exact) mass is 221 g/mol. The maximum atomic E-state index is 11.5. The molecule has 0 aromatic heterocycles. The number of carbonyl (C=O) groups excluding carboxylic acids is 1. The van der Waals surface area contributed by atoms with Crippen LogP contribution >= 0.6 is 12.4 Å². The molecular weight excluding hydrogens is 211 g/mol. The Hall–Kier alpha value is -0.490. The van der Waals surface area contributed by atoms with Gasteiger partial charge in [0.15, 0.2) is 0 Å². The van der Waals surface area contributed by atoms with E-state index < -0.39 is 25.2 Å². The molecule has 0 radical (unpaired) electrons. The molecule has 0 aliphatic rings. The Morgan fingerprint density at radius 3 is 2.38 bits per heavy atom. The maximum absolute atomic E-state index is 11.5. The number of nitrogens with one attached hydrogen (secondary N) is 1. The third kappa shape index (κ3) is 11.5. The molecule has 0 rings (SSSR count). The summed E-state index contributed by atoms with van der Waals surface area (Å²) in [5.74, 6) is -0.679. The van der Waals surface area contributed by atoms with E-state index in [-0.39, 0.29) is 19.0 Å². The molecule has 0 atom stereocenters. The van der Waals surface area contributed by atoms with Crippen molar-refractivity contribution >= 4 is 18.4 Å². The number of hydrogen-bond donors (Lipinski definition) is 1. The summed E-state index contributed by atoms with van der Waals surface area (Å²) < 4.78 is 38.8. The highest BCUT2D eigenvalue weighted by Gasteiger charge is 2.26. The largest absolute Gasteiger partial charge is 0.465 e. The highest BCUT2D eigenvalue weighted by atomic mass is 35.5. The Morgan fingerprint density at radius 1 is 1.46 bits per heavy atom. The van der Waals surface area contributed by atoms with Gasteiger partial charge in [-0.1, -0.05) is 0 Å². The topological polar surface area (TPSA) is 38.3 Å². The second kappa shape index (κ2) is 6.97. The van der Waals surface area contributed by atoms with Crippen molar-refractivity contribution in [1.82, 2.24) is 5.32 Å². The highest BCUT2D eigenvalue weighted by molar-refractivity contribution is 5.85. The van der Waals surface area contributed by atoms with Crippen LogP contribution in [0.4, 0.5) is 13.2 Å². The van der Waals surface area contributed by atoms with Crippen molar-refractivity contribution in [2.75, 3.05) is 19.7 Å². The Labute approximate surface area is 80.0 Å². The molecule has 7 heteroatoms. The van der Waals surface area contributed by atoms with Crippen molar-refractivity contribution in [3.63, 3.8) is 0 Å². The van der Waals surface area contributed by atoms with E-state index in [1.54, 1.807) is 6.92 Å². The molecule has 0 aliphatic carbocycles. The molecule has 0 aromatic rings. The van der Waals surface area contributed by atoms with Crippen LogP contribution in [0.2, 0.25) is 0 Å². The van der Waals surface area contributed by atoms with E-state index in [4.69, 9.17) is 0 Å². The summed E-state index contributed by atoms with van der Waals surface area (Å²) in [6.07, 6.45) is -4.29. The molecule has 0 amide bonds. The van der Waals surface area contributed by atoms with E-state index in [0.29, 0.717) is 0 Å². The molecule has 80 valence electrons. The average molecular weight is 222 g/mol. The molecular formula is C6H11ClF3NO2. The minimum absolute atomic E-state index is 0. The van der Waals surface area contributed by atoms with Gasteiger partial charge in [0.25, 0.3) is 0 Å². The first-order valence-electron chi connectivity index (χ1n) is 3.39. The fourth-order valence-electron chi connectivity index (χ4n) is 0.518. The van der Waals surface area contributed by atoms with Gasteiger partial charge >= 0.3 is 12.1 Å². The number of halogens is 4. The van der Waals surface area contributed by atoms with Crippen molar-refractivity contribution in [1.29, 1.82) is 0 Å². The van der Waals surface area contributed by atoms with E-state index in [1.165, 1.54) is 0 Å². The SMILES string of the molecule is CCOC(=O)CNCC(F)(F)F.Cl. The Kier molecular flexibility index (Phi) is 8.04. The normalized spacial score (nSPS) is 10.5. The van der Waals surface area contributed by atoms with Crippen LogP contribution in [-0.4, -0.2) is 31.8 Å². The summed E-state index contributed by atoms with van der Waals surface area (Å²) in [5.41, 5.74) is 0. The van der Waals surface area contributed by atoms with Crippen LogP contribution in [0.1, 0.15) is 6.92 Å². The molecule has 13 heavy (non-hydrogen) atoms. The molecule has 0 bridgehead atoms. The molecule has 0 spiro atoms. The van der Waals surface area contributed by atoms with Gasteiger partial charge < -0.3 is 4.74 Å². The fraction of sp³-hybridized carbons (Fsp3) is 0.833. The first-order chi connectivity index (χ1) is 5.45. The highest BCUT2D eigenvalue weighted by Crippen LogP contribution is 2.11. The Morgan fingerprint density at radius 2 is 2.00 bits per heavy atom. The predicted octanol–water partition coefficient (Wildman–Crippen LogP) is 1.12. The van der Waals surface area contributed by atoms with Gasteiger partial charge in [0.2, 0.25) is 0 Å². The molecule has 0 saturated carbocycles. The van der Waals surface area contributed by atoms with Crippen LogP contribution in [0.25, 0.3) is 0 Å². The summed E-state index contributed by atoms with van der Waals surface area (Å²) in [5, 5.41) is 1.91. The zero-order valence-electron chi connectivity index (χ0n) is 6.98. The van der Waals surface area contributed by atoms with Crippen LogP contribution in [-0.2, 0) is 9.53 Å². The quantitative estimate of drug-likeness (QED) is 0.723. The first-order valence-corrected chi connectivity index (χ1v) is 3.39. The zero-order chi connectivity index (χ0) is 9.61. The fourth-order valence-corrected chi connectivity index (χ4v) is 0.518. The maximum Gasteiger partial charge on any atom is 0.401 e. The van der Waals surface area contributed by atoms with Gasteiger partial charge in [-0.05, 0) is 6.92 Å². The summed E-state index contributed by atoms with van der Waals surface area (Å²) in [7, 11) is 0. The average Bonchev–Trinajstić information content (AvgIpc) is 1.84. The number of carbonyl (C=O) groups is 1. The van der Waals surface area contributed by atoms with Crippen LogP contribution in [0.5, 0.6) is 0 Å². The zero-order valence-corrected chi connectivity index (χ0v) is 7.80. The number of alkyl halides is 3. The van der Waals surface area contributed by atoms with Crippen LogP contribution in [0, 0.1) is 0 Å². The lowest BCUT2D eigenvalue weighted by molar-refractivity contribution is -0.144. The van der Waals surface area contributed by atoms with Crippen molar-refractivity contribution in [2.24, 2.45) is 0 Å². The number of esters is 1. The lowest BCUT2D eigenvalue weighted by atomic mass is 10.5. The summed E-state index contributed by atoms with van der Waals surface area (Å²) in [4.78, 5) is 10.5. The Balaban J connectivity index is 0. The van der Waals surface area contributed by atoms with Gasteiger partial charge in [0.1, 0.15) is 0 Å². The third-order valence-corrected chi connectivity index (χ3v) is 0.900. The second-order valence-electron chi connectivity index (χ2n) is 2.02. The van der Waals surface area contributed by atoms with E-state index >= 15 is 0 Å². The lowest BCUT2D eigenvalue weighted by Crippen LogP contribution is -2.33. The van der Waals surface area contributed by atoms with Crippen LogP contribution in [0.15, 0.2) is 0 Å². The van der Waals surface area contributed by atoms with Crippen molar-refractivity contribution < 1.29 is 22.7 Å². The van der Waals surface area contributed by atoms with Crippen molar-refractivity contribution in [3.8, 4) is 0 Å². The molecule has 3 nitrogen and oxygen atoms in total. The molecule has 0 fully saturated rings. The minimum Gasteiger partial charge on any atom is -0.465 e. The Bertz CT molecular complexity index is 151. The summed E-state index contributed by atoms with van der Waals surface area (Å²) in [6, 6.07) is 0. The van der Waals surface area contributed by atoms with E-state index in [1.807, 2.05) is 5.32 Å². The summed E-state index contributed by atoms with van der Waals surface area (Å²) in [6.45, 7) is 0.174. The molecule has 0 aliphatic heterocycles. The number of hydrogen-bond acceptors (Lipinski definition) is 3. The number of rotatable bonds is 4. The molecule has 0 aromatic carbocycles. The van der Waals surface area contributed by atoms with Gasteiger partial charge in [-0.25, -0.2) is 0 Å². The number of ether oxygens (including phenoxy) is 1. The minimum atomic E-state index is -4.29. The molecule has 0 saturated heterocycles. The molecule has 0 unspecified atom stereocenters. The third-order valence-electron chi connectivity index (χ3n) is 0.900. The van der Waals surface area contributed by atoms with Crippen LogP contribution in [0.3, 0.4) is 0 Å².